The van der Waals surface area contributed by atoms with Gasteiger partial charge in [-0.2, -0.15) is 0 Å². The zero-order valence-electron chi connectivity index (χ0n) is 10.9. The Bertz CT molecular complexity index is 557. The average molecular weight is 259 g/mol. The molecular weight excluding hydrogens is 241 g/mol. The van der Waals surface area contributed by atoms with Gasteiger partial charge in [0.25, 0.3) is 0 Å². The lowest BCUT2D eigenvalue weighted by Crippen LogP contribution is -2.35. The van der Waals surface area contributed by atoms with Crippen molar-refractivity contribution in [2.45, 2.75) is 18.8 Å². The van der Waals surface area contributed by atoms with Crippen LogP contribution in [0.25, 0.3) is 0 Å². The van der Waals surface area contributed by atoms with Crippen LogP contribution in [-0.4, -0.2) is 11.5 Å². The molecule has 100 valence electrons. The smallest absolute Gasteiger partial charge is 0.123 e. The number of benzene rings is 1. The fourth-order valence-electron chi connectivity index (χ4n) is 2.28. The van der Waals surface area contributed by atoms with E-state index in [1.54, 1.807) is 18.5 Å². The van der Waals surface area contributed by atoms with Gasteiger partial charge in [-0.05, 0) is 41.8 Å². The van der Waals surface area contributed by atoms with Gasteiger partial charge in [-0.25, -0.2) is 4.39 Å². The van der Waals surface area contributed by atoms with E-state index < -0.39 is 5.41 Å². The Balaban J connectivity index is 2.39. The number of nitrogens with two attached hydrogens (primary N) is 2. The summed E-state index contributed by atoms with van der Waals surface area (Å²) in [7, 11) is 0. The lowest BCUT2D eigenvalue weighted by molar-refractivity contribution is 0.478. The van der Waals surface area contributed by atoms with Gasteiger partial charge in [-0.3, -0.25) is 4.98 Å². The second-order valence-electron chi connectivity index (χ2n) is 5.03. The molecule has 3 nitrogen and oxygen atoms in total. The molecular formula is C15H18FN3. The molecule has 0 fully saturated rings. The maximum absolute atomic E-state index is 13.4. The maximum atomic E-state index is 13.4. The van der Waals surface area contributed by atoms with Crippen LogP contribution in [-0.2, 0) is 11.8 Å². The Kier molecular flexibility index (Phi) is 3.81. The molecule has 0 aliphatic heterocycles. The number of pyridine rings is 1. The van der Waals surface area contributed by atoms with Crippen LogP contribution in [0.15, 0.2) is 42.7 Å². The predicted molar refractivity (Wildman–Crippen MR) is 75.2 cm³/mol. The second-order valence-corrected chi connectivity index (χ2v) is 5.03. The van der Waals surface area contributed by atoms with E-state index in [0.717, 1.165) is 11.1 Å². The Labute approximate surface area is 112 Å². The third-order valence-electron chi connectivity index (χ3n) is 3.43. The molecule has 0 radical (unpaired) electrons. The number of rotatable bonds is 4. The molecule has 2 rings (SSSR count). The van der Waals surface area contributed by atoms with Crippen LogP contribution in [0.4, 0.5) is 10.1 Å². The first kappa shape index (κ1) is 13.5. The van der Waals surface area contributed by atoms with E-state index in [4.69, 9.17) is 11.5 Å². The van der Waals surface area contributed by atoms with Crippen molar-refractivity contribution in [3.63, 3.8) is 0 Å². The summed E-state index contributed by atoms with van der Waals surface area (Å²) in [6, 6.07) is 8.28. The van der Waals surface area contributed by atoms with Crippen molar-refractivity contribution in [3.8, 4) is 0 Å². The second kappa shape index (κ2) is 5.36. The highest BCUT2D eigenvalue weighted by atomic mass is 19.1. The van der Waals surface area contributed by atoms with E-state index in [0.29, 0.717) is 18.7 Å². The molecule has 1 aromatic carbocycles. The molecule has 4 heteroatoms. The molecule has 0 saturated carbocycles. The van der Waals surface area contributed by atoms with Crippen LogP contribution >= 0.6 is 0 Å². The first-order valence-electron chi connectivity index (χ1n) is 6.20. The van der Waals surface area contributed by atoms with Crippen LogP contribution < -0.4 is 11.5 Å². The van der Waals surface area contributed by atoms with Crippen LogP contribution in [0.3, 0.4) is 0 Å². The normalized spacial score (nSPS) is 14.1. The number of anilines is 1. The average Bonchev–Trinajstić information content (AvgIpc) is 2.42. The van der Waals surface area contributed by atoms with Crippen LogP contribution in [0.2, 0.25) is 0 Å². The monoisotopic (exact) mass is 259 g/mol. The van der Waals surface area contributed by atoms with Crippen LogP contribution in [0.1, 0.15) is 18.1 Å². The predicted octanol–water partition coefficient (Wildman–Crippen LogP) is 2.26. The Morgan fingerprint density at radius 1 is 1.32 bits per heavy atom. The van der Waals surface area contributed by atoms with Gasteiger partial charge in [-0.1, -0.05) is 13.0 Å². The van der Waals surface area contributed by atoms with Gasteiger partial charge in [-0.15, -0.1) is 0 Å². The first-order valence-corrected chi connectivity index (χ1v) is 6.20. The number of hydrogen-bond acceptors (Lipinski definition) is 3. The molecule has 2 aromatic rings. The molecule has 0 amide bonds. The molecule has 4 N–H and O–H groups in total. The minimum atomic E-state index is -0.408. The quantitative estimate of drug-likeness (QED) is 0.828. The summed E-state index contributed by atoms with van der Waals surface area (Å²) in [5, 5.41) is 0. The van der Waals surface area contributed by atoms with E-state index in [9.17, 15) is 4.39 Å². The molecule has 0 spiro atoms. The largest absolute Gasteiger partial charge is 0.398 e. The van der Waals surface area contributed by atoms with Gasteiger partial charge in [0.2, 0.25) is 0 Å². The van der Waals surface area contributed by atoms with Gasteiger partial charge in [0, 0.05) is 30.0 Å². The van der Waals surface area contributed by atoms with Crippen molar-refractivity contribution >= 4 is 5.69 Å². The highest BCUT2D eigenvalue weighted by Crippen LogP contribution is 2.31. The summed E-state index contributed by atoms with van der Waals surface area (Å²) >= 11 is 0. The summed E-state index contributed by atoms with van der Waals surface area (Å²) in [4.78, 5) is 4.09. The van der Waals surface area contributed by atoms with E-state index in [-0.39, 0.29) is 5.82 Å². The first-order chi connectivity index (χ1) is 9.05. The molecule has 0 bridgehead atoms. The lowest BCUT2D eigenvalue weighted by Gasteiger charge is -2.30. The molecule has 0 saturated heterocycles. The Morgan fingerprint density at radius 2 is 2.11 bits per heavy atom. The zero-order valence-corrected chi connectivity index (χ0v) is 10.9. The SMILES string of the molecule is CC(CN)(Cc1cccnc1)c1cc(F)ccc1N. The zero-order chi connectivity index (χ0) is 13.9. The number of hydrogen-bond donors (Lipinski definition) is 2. The highest BCUT2D eigenvalue weighted by Gasteiger charge is 2.28. The van der Waals surface area contributed by atoms with E-state index in [1.807, 2.05) is 19.1 Å². The molecule has 19 heavy (non-hydrogen) atoms. The molecule has 1 unspecified atom stereocenters. The maximum Gasteiger partial charge on any atom is 0.123 e. The third-order valence-corrected chi connectivity index (χ3v) is 3.43. The minimum Gasteiger partial charge on any atom is -0.398 e. The van der Waals surface area contributed by atoms with Crippen molar-refractivity contribution in [2.24, 2.45) is 5.73 Å². The van der Waals surface area contributed by atoms with Crippen molar-refractivity contribution in [2.75, 3.05) is 12.3 Å². The van der Waals surface area contributed by atoms with Crippen molar-refractivity contribution in [1.29, 1.82) is 0 Å². The van der Waals surface area contributed by atoms with Crippen molar-refractivity contribution in [3.05, 3.63) is 59.7 Å². The topological polar surface area (TPSA) is 64.9 Å². The third kappa shape index (κ3) is 2.90. The van der Waals surface area contributed by atoms with Crippen molar-refractivity contribution in [1.82, 2.24) is 4.98 Å². The highest BCUT2D eigenvalue weighted by molar-refractivity contribution is 5.51. The lowest BCUT2D eigenvalue weighted by atomic mass is 9.77. The Morgan fingerprint density at radius 3 is 2.74 bits per heavy atom. The summed E-state index contributed by atoms with van der Waals surface area (Å²) in [6.07, 6.45) is 4.19. The van der Waals surface area contributed by atoms with Gasteiger partial charge < -0.3 is 11.5 Å². The van der Waals surface area contributed by atoms with Crippen LogP contribution in [0, 0.1) is 5.82 Å². The van der Waals surface area contributed by atoms with Gasteiger partial charge in [0.05, 0.1) is 0 Å². The van der Waals surface area contributed by atoms with Gasteiger partial charge >= 0.3 is 0 Å². The van der Waals surface area contributed by atoms with Gasteiger partial charge in [0.15, 0.2) is 0 Å². The summed E-state index contributed by atoms with van der Waals surface area (Å²) in [5.74, 6) is -0.296. The number of nitrogens with zero attached hydrogens (tertiary/aromatic N) is 1. The summed E-state index contributed by atoms with van der Waals surface area (Å²) in [6.45, 7) is 2.38. The minimum absolute atomic E-state index is 0.296. The van der Waals surface area contributed by atoms with Crippen LogP contribution in [0.5, 0.6) is 0 Å². The summed E-state index contributed by atoms with van der Waals surface area (Å²) in [5.41, 5.74) is 13.8. The standard InChI is InChI=1S/C15H18FN3/c1-15(10-17,8-11-3-2-6-19-9-11)13-7-12(16)4-5-14(13)18/h2-7,9H,8,10,17-18H2,1H3. The number of halogens is 1. The molecule has 1 aromatic heterocycles. The number of aromatic nitrogens is 1. The van der Waals surface area contributed by atoms with Crippen molar-refractivity contribution < 1.29 is 4.39 Å². The number of nitrogen functional groups attached to an aromatic ring is 1. The molecule has 0 aliphatic rings. The fraction of sp³-hybridized carbons (Fsp3) is 0.267. The molecule has 0 aliphatic carbocycles. The molecule has 1 atom stereocenters. The Hall–Kier alpha value is -1.94. The van der Waals surface area contributed by atoms with Gasteiger partial charge in [0.1, 0.15) is 5.82 Å². The summed E-state index contributed by atoms with van der Waals surface area (Å²) < 4.78 is 13.4. The fourth-order valence-corrected chi connectivity index (χ4v) is 2.28. The van der Waals surface area contributed by atoms with E-state index >= 15 is 0 Å². The van der Waals surface area contributed by atoms with E-state index in [1.165, 1.54) is 12.1 Å². The van der Waals surface area contributed by atoms with E-state index in [2.05, 4.69) is 4.98 Å². The molecule has 1 heterocycles.